The van der Waals surface area contributed by atoms with Crippen LogP contribution in [0.25, 0.3) is 6.08 Å². The predicted octanol–water partition coefficient (Wildman–Crippen LogP) is 3.91. The predicted molar refractivity (Wildman–Crippen MR) is 132 cm³/mol. The van der Waals surface area contributed by atoms with E-state index < -0.39 is 5.91 Å². The van der Waals surface area contributed by atoms with Crippen molar-refractivity contribution < 1.29 is 19.1 Å². The molecular formula is C25H20N6O4S. The van der Waals surface area contributed by atoms with Crippen LogP contribution >= 0.6 is 11.8 Å². The zero-order valence-electron chi connectivity index (χ0n) is 19.0. The number of carbonyl (C=O) groups is 2. The molecule has 0 spiro atoms. The van der Waals surface area contributed by atoms with Gasteiger partial charge in [-0.2, -0.15) is 5.26 Å². The Morgan fingerprint density at radius 1 is 1.08 bits per heavy atom. The van der Waals surface area contributed by atoms with Gasteiger partial charge < -0.3 is 14.4 Å². The van der Waals surface area contributed by atoms with Crippen LogP contribution < -0.4 is 19.7 Å². The number of hydrogen-bond acceptors (Lipinski definition) is 10. The summed E-state index contributed by atoms with van der Waals surface area (Å²) >= 11 is 0.862. The van der Waals surface area contributed by atoms with Gasteiger partial charge in [-0.1, -0.05) is 12.1 Å². The van der Waals surface area contributed by atoms with Crippen molar-refractivity contribution in [1.29, 1.82) is 5.26 Å². The first-order valence-corrected chi connectivity index (χ1v) is 12.0. The number of amides is 2. The normalized spacial score (nSPS) is 17.1. The molecule has 2 aliphatic heterocycles. The van der Waals surface area contributed by atoms with Crippen molar-refractivity contribution in [2.75, 3.05) is 18.0 Å². The minimum Gasteiger partial charge on any atom is -0.474 e. The standard InChI is InChI=1S/C25H20N6O4S/c26-13-17-4-5-21(27-14-17)31-8-6-18(7-9-31)34-22-12-23(29-15-28-22)35-19-3-1-2-16(10-19)11-20-24(32)30-25(33)36-20/h1-5,10-12,14-15,18H,6-9H2,(H,30,32,33). The van der Waals surface area contributed by atoms with Gasteiger partial charge in [0.05, 0.1) is 16.5 Å². The number of ether oxygens (including phenoxy) is 2. The van der Waals surface area contributed by atoms with Gasteiger partial charge in [0.25, 0.3) is 11.1 Å². The van der Waals surface area contributed by atoms with E-state index in [4.69, 9.17) is 14.7 Å². The maximum atomic E-state index is 11.8. The fourth-order valence-corrected chi connectivity index (χ4v) is 4.50. The molecule has 0 saturated carbocycles. The van der Waals surface area contributed by atoms with Crippen molar-refractivity contribution in [3.05, 3.63) is 71.0 Å². The molecule has 3 aromatic rings. The summed E-state index contributed by atoms with van der Waals surface area (Å²) < 4.78 is 12.0. The second kappa shape index (κ2) is 10.5. The van der Waals surface area contributed by atoms with Gasteiger partial charge in [-0.3, -0.25) is 14.9 Å². The van der Waals surface area contributed by atoms with Gasteiger partial charge in [0.1, 0.15) is 30.1 Å². The van der Waals surface area contributed by atoms with E-state index in [1.807, 2.05) is 12.1 Å². The Balaban J connectivity index is 1.19. The van der Waals surface area contributed by atoms with Crippen molar-refractivity contribution in [3.63, 3.8) is 0 Å². The molecule has 0 radical (unpaired) electrons. The summed E-state index contributed by atoms with van der Waals surface area (Å²) in [5.74, 6) is 1.71. The maximum Gasteiger partial charge on any atom is 0.290 e. The van der Waals surface area contributed by atoms with E-state index >= 15 is 0 Å². The lowest BCUT2D eigenvalue weighted by Crippen LogP contribution is -2.38. The van der Waals surface area contributed by atoms with Gasteiger partial charge in [-0.05, 0) is 47.7 Å². The lowest BCUT2D eigenvalue weighted by Gasteiger charge is -2.32. The van der Waals surface area contributed by atoms with E-state index in [1.165, 1.54) is 6.33 Å². The van der Waals surface area contributed by atoms with E-state index in [0.717, 1.165) is 43.5 Å². The number of nitriles is 1. The first-order valence-electron chi connectivity index (χ1n) is 11.2. The Labute approximate surface area is 211 Å². The highest BCUT2D eigenvalue weighted by Gasteiger charge is 2.25. The first kappa shape index (κ1) is 23.3. The molecular weight excluding hydrogens is 480 g/mol. The van der Waals surface area contributed by atoms with Crippen LogP contribution in [0, 0.1) is 11.3 Å². The summed E-state index contributed by atoms with van der Waals surface area (Å²) in [6.07, 6.45) is 6.19. The SMILES string of the molecule is N#Cc1ccc(N2CCC(Oc3cc(Oc4cccc(C=C5SC(=O)NC5=O)c4)ncn3)CC2)nc1. The minimum atomic E-state index is -0.409. The molecule has 4 heterocycles. The summed E-state index contributed by atoms with van der Waals surface area (Å²) in [6, 6.07) is 14.5. The van der Waals surface area contributed by atoms with Crippen LogP contribution in [-0.4, -0.2) is 45.3 Å². The Kier molecular flexibility index (Phi) is 6.77. The number of anilines is 1. The third kappa shape index (κ3) is 5.61. The lowest BCUT2D eigenvalue weighted by atomic mass is 10.1. The second-order valence-corrected chi connectivity index (χ2v) is 9.06. The highest BCUT2D eigenvalue weighted by atomic mass is 32.2. The number of aromatic nitrogens is 3. The average Bonchev–Trinajstić information content (AvgIpc) is 3.21. The fraction of sp³-hybridized carbons (Fsp3) is 0.200. The van der Waals surface area contributed by atoms with Crippen molar-refractivity contribution in [3.8, 4) is 23.6 Å². The van der Waals surface area contributed by atoms with Crippen LogP contribution in [-0.2, 0) is 4.79 Å². The van der Waals surface area contributed by atoms with Crippen LogP contribution in [0.3, 0.4) is 0 Å². The third-order valence-electron chi connectivity index (χ3n) is 5.57. The average molecular weight is 501 g/mol. The van der Waals surface area contributed by atoms with Crippen molar-refractivity contribution >= 4 is 34.8 Å². The molecule has 11 heteroatoms. The van der Waals surface area contributed by atoms with Gasteiger partial charge in [0.15, 0.2) is 0 Å². The monoisotopic (exact) mass is 500 g/mol. The Morgan fingerprint density at radius 2 is 1.92 bits per heavy atom. The summed E-state index contributed by atoms with van der Waals surface area (Å²) in [4.78, 5) is 38.4. The van der Waals surface area contributed by atoms with E-state index in [1.54, 1.807) is 42.6 Å². The summed E-state index contributed by atoms with van der Waals surface area (Å²) in [5.41, 5.74) is 1.26. The zero-order valence-corrected chi connectivity index (χ0v) is 19.8. The van der Waals surface area contributed by atoms with E-state index in [2.05, 4.69) is 31.2 Å². The molecule has 1 aromatic carbocycles. The molecule has 180 valence electrons. The smallest absolute Gasteiger partial charge is 0.290 e. The van der Waals surface area contributed by atoms with Crippen molar-refractivity contribution in [1.82, 2.24) is 20.3 Å². The molecule has 0 unspecified atom stereocenters. The number of benzene rings is 1. The quantitative estimate of drug-likeness (QED) is 0.497. The number of nitrogens with zero attached hydrogens (tertiary/aromatic N) is 5. The van der Waals surface area contributed by atoms with Gasteiger partial charge in [0.2, 0.25) is 11.8 Å². The third-order valence-corrected chi connectivity index (χ3v) is 6.38. The maximum absolute atomic E-state index is 11.8. The number of carbonyl (C=O) groups excluding carboxylic acids is 2. The second-order valence-electron chi connectivity index (χ2n) is 8.04. The van der Waals surface area contributed by atoms with E-state index in [-0.39, 0.29) is 11.3 Å². The van der Waals surface area contributed by atoms with Gasteiger partial charge in [0, 0.05) is 32.1 Å². The number of hydrogen-bond donors (Lipinski definition) is 1. The Morgan fingerprint density at radius 3 is 2.64 bits per heavy atom. The fourth-order valence-electron chi connectivity index (χ4n) is 3.82. The minimum absolute atomic E-state index is 0.00453. The van der Waals surface area contributed by atoms with Gasteiger partial charge in [-0.25, -0.2) is 15.0 Å². The Bertz CT molecular complexity index is 1360. The van der Waals surface area contributed by atoms with Crippen LogP contribution in [0.15, 0.2) is 59.9 Å². The van der Waals surface area contributed by atoms with Crippen molar-refractivity contribution in [2.24, 2.45) is 0 Å². The number of nitrogens with one attached hydrogen (secondary N) is 1. The molecule has 2 aliphatic rings. The first-order chi connectivity index (χ1) is 17.6. The molecule has 1 N–H and O–H groups in total. The molecule has 36 heavy (non-hydrogen) atoms. The zero-order chi connectivity index (χ0) is 24.9. The summed E-state index contributed by atoms with van der Waals surface area (Å²) in [5, 5.41) is 10.8. The molecule has 10 nitrogen and oxygen atoms in total. The largest absolute Gasteiger partial charge is 0.474 e. The molecule has 0 atom stereocenters. The summed E-state index contributed by atoms with van der Waals surface area (Å²) in [6.45, 7) is 1.56. The molecule has 2 amide bonds. The number of imide groups is 1. The highest BCUT2D eigenvalue weighted by Crippen LogP contribution is 2.28. The van der Waals surface area contributed by atoms with E-state index in [0.29, 0.717) is 33.5 Å². The molecule has 5 rings (SSSR count). The molecule has 2 aromatic heterocycles. The van der Waals surface area contributed by atoms with Crippen LogP contribution in [0.2, 0.25) is 0 Å². The number of thioether (sulfide) groups is 1. The number of rotatable bonds is 6. The topological polar surface area (TPSA) is 130 Å². The molecule has 2 saturated heterocycles. The molecule has 0 aliphatic carbocycles. The number of pyridine rings is 1. The van der Waals surface area contributed by atoms with Crippen molar-refractivity contribution in [2.45, 2.75) is 18.9 Å². The summed E-state index contributed by atoms with van der Waals surface area (Å²) in [7, 11) is 0. The molecule has 2 fully saturated rings. The van der Waals surface area contributed by atoms with Crippen LogP contribution in [0.5, 0.6) is 17.5 Å². The molecule has 0 bridgehead atoms. The number of piperidine rings is 1. The van der Waals surface area contributed by atoms with Gasteiger partial charge in [-0.15, -0.1) is 0 Å². The van der Waals surface area contributed by atoms with E-state index in [9.17, 15) is 9.59 Å². The van der Waals surface area contributed by atoms with Crippen LogP contribution in [0.1, 0.15) is 24.0 Å². The van der Waals surface area contributed by atoms with Gasteiger partial charge >= 0.3 is 0 Å². The highest BCUT2D eigenvalue weighted by molar-refractivity contribution is 8.18. The lowest BCUT2D eigenvalue weighted by molar-refractivity contribution is -0.115. The Hall–Kier alpha value is -4.43. The van der Waals surface area contributed by atoms with Crippen LogP contribution in [0.4, 0.5) is 10.6 Å².